The van der Waals surface area contributed by atoms with Gasteiger partial charge in [-0.1, -0.05) is 12.1 Å². The quantitative estimate of drug-likeness (QED) is 0.351. The standard InChI is InChI=1S/C20H33N5O2.HI/c1-4-21-20(22-13-17-15-24(2)11-12-27-17)23-16-9-10-25(14-16)18-7-5-6-8-19(18)26-3;/h5-8,16-17H,4,9-15H2,1-3H3,(H2,21,22,23);1H. The molecule has 0 saturated carbocycles. The SMILES string of the molecule is CCNC(=NCC1CN(C)CCO1)NC1CCN(c2ccccc2OC)C1.I. The average molecular weight is 503 g/mol. The van der Waals surface area contributed by atoms with E-state index in [1.807, 2.05) is 12.1 Å². The smallest absolute Gasteiger partial charge is 0.191 e. The van der Waals surface area contributed by atoms with Crippen LogP contribution in [0.3, 0.4) is 0 Å². The minimum absolute atomic E-state index is 0. The first kappa shape index (κ1) is 23.0. The Bertz CT molecular complexity index is 630. The third kappa shape index (κ3) is 6.38. The number of hydrogen-bond donors (Lipinski definition) is 2. The van der Waals surface area contributed by atoms with E-state index in [-0.39, 0.29) is 30.1 Å². The Labute approximate surface area is 185 Å². The number of hydrogen-bond acceptors (Lipinski definition) is 5. The Hall–Kier alpha value is -1.26. The Morgan fingerprint density at radius 2 is 2.11 bits per heavy atom. The van der Waals surface area contributed by atoms with Crippen molar-refractivity contribution in [3.8, 4) is 5.75 Å². The molecule has 158 valence electrons. The lowest BCUT2D eigenvalue weighted by Gasteiger charge is -2.29. The van der Waals surface area contributed by atoms with Gasteiger partial charge < -0.3 is 29.9 Å². The van der Waals surface area contributed by atoms with Gasteiger partial charge in [-0.2, -0.15) is 0 Å². The van der Waals surface area contributed by atoms with Crippen LogP contribution < -0.4 is 20.3 Å². The summed E-state index contributed by atoms with van der Waals surface area (Å²) >= 11 is 0. The summed E-state index contributed by atoms with van der Waals surface area (Å²) < 4.78 is 11.3. The fraction of sp³-hybridized carbons (Fsp3) is 0.650. The Morgan fingerprint density at radius 1 is 1.29 bits per heavy atom. The second-order valence-electron chi connectivity index (χ2n) is 7.22. The molecular formula is C20H34IN5O2. The van der Waals surface area contributed by atoms with Gasteiger partial charge in [0.1, 0.15) is 5.75 Å². The highest BCUT2D eigenvalue weighted by molar-refractivity contribution is 14.0. The number of rotatable bonds is 6. The fourth-order valence-electron chi connectivity index (χ4n) is 3.67. The number of likely N-dealkylation sites (N-methyl/N-ethyl adjacent to an activating group) is 1. The zero-order valence-corrected chi connectivity index (χ0v) is 19.5. The average Bonchev–Trinajstić information content (AvgIpc) is 3.14. The first-order valence-corrected chi connectivity index (χ1v) is 9.92. The molecule has 0 bridgehead atoms. The number of morpholine rings is 1. The summed E-state index contributed by atoms with van der Waals surface area (Å²) in [6.45, 7) is 8.30. The summed E-state index contributed by atoms with van der Waals surface area (Å²) in [5.41, 5.74) is 1.16. The van der Waals surface area contributed by atoms with Crippen molar-refractivity contribution in [3.05, 3.63) is 24.3 Å². The fourth-order valence-corrected chi connectivity index (χ4v) is 3.67. The van der Waals surface area contributed by atoms with Crippen molar-refractivity contribution in [1.29, 1.82) is 0 Å². The van der Waals surface area contributed by atoms with Crippen molar-refractivity contribution < 1.29 is 9.47 Å². The van der Waals surface area contributed by atoms with Crippen LogP contribution in [0.25, 0.3) is 0 Å². The number of para-hydroxylation sites is 2. The van der Waals surface area contributed by atoms with Crippen molar-refractivity contribution in [1.82, 2.24) is 15.5 Å². The third-order valence-electron chi connectivity index (χ3n) is 5.09. The molecule has 2 fully saturated rings. The Balaban J connectivity index is 0.00000280. The van der Waals surface area contributed by atoms with Gasteiger partial charge in [-0.05, 0) is 32.5 Å². The first-order chi connectivity index (χ1) is 13.2. The highest BCUT2D eigenvalue weighted by Crippen LogP contribution is 2.30. The van der Waals surface area contributed by atoms with E-state index >= 15 is 0 Å². The van der Waals surface area contributed by atoms with Gasteiger partial charge in [0.05, 0.1) is 32.1 Å². The minimum atomic E-state index is 0. The van der Waals surface area contributed by atoms with E-state index in [2.05, 4.69) is 46.5 Å². The van der Waals surface area contributed by atoms with Gasteiger partial charge in [-0.15, -0.1) is 24.0 Å². The van der Waals surface area contributed by atoms with Crippen LogP contribution in [0.5, 0.6) is 5.75 Å². The van der Waals surface area contributed by atoms with Gasteiger partial charge in [0.2, 0.25) is 0 Å². The normalized spacial score (nSPS) is 23.2. The predicted octanol–water partition coefficient (Wildman–Crippen LogP) is 1.78. The summed E-state index contributed by atoms with van der Waals surface area (Å²) in [5.74, 6) is 1.80. The second-order valence-corrected chi connectivity index (χ2v) is 7.22. The van der Waals surface area contributed by atoms with Gasteiger partial charge in [-0.25, -0.2) is 0 Å². The summed E-state index contributed by atoms with van der Waals surface area (Å²) in [7, 11) is 3.86. The highest BCUT2D eigenvalue weighted by Gasteiger charge is 2.25. The molecule has 0 radical (unpaired) electrons. The molecule has 2 aliphatic rings. The molecule has 3 rings (SSSR count). The van der Waals surface area contributed by atoms with Crippen LogP contribution >= 0.6 is 24.0 Å². The predicted molar refractivity (Wildman–Crippen MR) is 125 cm³/mol. The number of benzene rings is 1. The molecule has 0 spiro atoms. The van der Waals surface area contributed by atoms with Crippen LogP contribution in [0.2, 0.25) is 0 Å². The molecule has 7 nitrogen and oxygen atoms in total. The maximum atomic E-state index is 5.82. The minimum Gasteiger partial charge on any atom is -0.495 e. The molecular weight excluding hydrogens is 469 g/mol. The summed E-state index contributed by atoms with van der Waals surface area (Å²) in [4.78, 5) is 9.44. The van der Waals surface area contributed by atoms with E-state index in [1.165, 1.54) is 0 Å². The number of nitrogens with one attached hydrogen (secondary N) is 2. The van der Waals surface area contributed by atoms with E-state index in [0.717, 1.165) is 63.1 Å². The maximum Gasteiger partial charge on any atom is 0.191 e. The molecule has 2 unspecified atom stereocenters. The Morgan fingerprint density at radius 3 is 2.86 bits per heavy atom. The van der Waals surface area contributed by atoms with Gasteiger partial charge in [-0.3, -0.25) is 4.99 Å². The van der Waals surface area contributed by atoms with Crippen molar-refractivity contribution in [2.45, 2.75) is 25.5 Å². The number of halogens is 1. The first-order valence-electron chi connectivity index (χ1n) is 9.92. The number of nitrogens with zero attached hydrogens (tertiary/aromatic N) is 3. The molecule has 1 aromatic carbocycles. The zero-order chi connectivity index (χ0) is 19.1. The van der Waals surface area contributed by atoms with Crippen LogP contribution in [0.15, 0.2) is 29.3 Å². The highest BCUT2D eigenvalue weighted by atomic mass is 127. The van der Waals surface area contributed by atoms with E-state index in [4.69, 9.17) is 14.5 Å². The number of aliphatic imine (C=N–C) groups is 1. The van der Waals surface area contributed by atoms with E-state index in [9.17, 15) is 0 Å². The van der Waals surface area contributed by atoms with Gasteiger partial charge in [0, 0.05) is 38.8 Å². The lowest BCUT2D eigenvalue weighted by atomic mass is 10.2. The number of methoxy groups -OCH3 is 1. The largest absolute Gasteiger partial charge is 0.495 e. The topological polar surface area (TPSA) is 61.4 Å². The molecule has 1 aromatic rings. The summed E-state index contributed by atoms with van der Waals surface area (Å²) in [5, 5.41) is 6.96. The molecule has 0 aliphatic carbocycles. The number of anilines is 1. The molecule has 2 saturated heterocycles. The van der Waals surface area contributed by atoms with E-state index in [1.54, 1.807) is 7.11 Å². The van der Waals surface area contributed by atoms with Crippen LogP contribution in [-0.4, -0.2) is 83.0 Å². The third-order valence-corrected chi connectivity index (χ3v) is 5.09. The molecule has 28 heavy (non-hydrogen) atoms. The van der Waals surface area contributed by atoms with Crippen LogP contribution in [0.1, 0.15) is 13.3 Å². The molecule has 2 heterocycles. The van der Waals surface area contributed by atoms with Crippen LogP contribution in [0, 0.1) is 0 Å². The van der Waals surface area contributed by atoms with Crippen LogP contribution in [-0.2, 0) is 4.74 Å². The number of ether oxygens (including phenoxy) is 2. The Kier molecular flexibility index (Phi) is 9.60. The van der Waals surface area contributed by atoms with Gasteiger partial charge in [0.25, 0.3) is 0 Å². The molecule has 0 amide bonds. The monoisotopic (exact) mass is 503 g/mol. The van der Waals surface area contributed by atoms with Crippen molar-refractivity contribution >= 4 is 35.6 Å². The van der Waals surface area contributed by atoms with Crippen molar-refractivity contribution in [3.63, 3.8) is 0 Å². The molecule has 2 aliphatic heterocycles. The van der Waals surface area contributed by atoms with Gasteiger partial charge in [0.15, 0.2) is 5.96 Å². The summed E-state index contributed by atoms with van der Waals surface area (Å²) in [6.07, 6.45) is 1.25. The molecule has 2 N–H and O–H groups in total. The maximum absolute atomic E-state index is 5.82. The van der Waals surface area contributed by atoms with Crippen LogP contribution in [0.4, 0.5) is 5.69 Å². The van der Waals surface area contributed by atoms with E-state index in [0.29, 0.717) is 12.6 Å². The van der Waals surface area contributed by atoms with Gasteiger partial charge >= 0.3 is 0 Å². The molecule has 8 heteroatoms. The zero-order valence-electron chi connectivity index (χ0n) is 17.2. The van der Waals surface area contributed by atoms with Crippen molar-refractivity contribution in [2.24, 2.45) is 4.99 Å². The second kappa shape index (κ2) is 11.7. The molecule has 0 aromatic heterocycles. The summed E-state index contributed by atoms with van der Waals surface area (Å²) in [6, 6.07) is 8.57. The lowest BCUT2D eigenvalue weighted by molar-refractivity contribution is -0.0136. The van der Waals surface area contributed by atoms with Crippen molar-refractivity contribution in [2.75, 3.05) is 64.9 Å². The number of guanidine groups is 1. The lowest BCUT2D eigenvalue weighted by Crippen LogP contribution is -2.46. The van der Waals surface area contributed by atoms with E-state index < -0.39 is 0 Å². The molecule has 2 atom stereocenters.